The molecule has 0 amide bonds. The molecule has 3 rings (SSSR count). The van der Waals surface area contributed by atoms with Gasteiger partial charge in [-0.05, 0) is 68.3 Å². The van der Waals surface area contributed by atoms with Gasteiger partial charge < -0.3 is 28.4 Å². The maximum Gasteiger partial charge on any atom is 0.513 e. The number of pyridine rings is 1. The summed E-state index contributed by atoms with van der Waals surface area (Å²) in [6.07, 6.45) is 3.26. The Morgan fingerprint density at radius 1 is 0.860 bits per heavy atom. The third-order valence-corrected chi connectivity index (χ3v) is 7.10. The normalized spacial score (nSPS) is 12.4. The van der Waals surface area contributed by atoms with Crippen LogP contribution in [0, 0.1) is 0 Å². The number of esters is 1. The molecule has 0 saturated heterocycles. The zero-order valence-electron chi connectivity index (χ0n) is 26.0. The predicted octanol–water partition coefficient (Wildman–Crippen LogP) is 7.24. The standard InChI is InChI=1S/C34H43NO8/c1-24(26-10-11-28-22-30(38-7)13-12-27(28)21-26)25(2)43-32(37)40-18-15-34(5,6)42-20-19-41-33(3,4)14-17-39-31(36)29-9-8-16-35-23-29/h8-13,16,21-24H,2,14-15,17-20H2,1,3-7H3/t24-/m0/s1. The van der Waals surface area contributed by atoms with Crippen LogP contribution in [0.2, 0.25) is 0 Å². The first-order chi connectivity index (χ1) is 20.4. The smallest absolute Gasteiger partial charge is 0.497 e. The van der Waals surface area contributed by atoms with E-state index in [-0.39, 0.29) is 19.1 Å². The lowest BCUT2D eigenvalue weighted by atomic mass is 9.96. The van der Waals surface area contributed by atoms with Crippen LogP contribution < -0.4 is 4.74 Å². The molecule has 1 heterocycles. The van der Waals surface area contributed by atoms with E-state index in [2.05, 4.69) is 11.6 Å². The molecule has 2 aromatic carbocycles. The number of ether oxygens (including phenoxy) is 6. The molecule has 1 aromatic heterocycles. The molecule has 0 aliphatic heterocycles. The van der Waals surface area contributed by atoms with E-state index in [0.29, 0.717) is 37.4 Å². The Balaban J connectivity index is 1.32. The van der Waals surface area contributed by atoms with Crippen molar-refractivity contribution in [3.8, 4) is 5.75 Å². The minimum absolute atomic E-state index is 0.125. The quantitative estimate of drug-likeness (QED) is 0.0966. The van der Waals surface area contributed by atoms with Gasteiger partial charge in [-0.3, -0.25) is 4.98 Å². The van der Waals surface area contributed by atoms with Gasteiger partial charge in [-0.25, -0.2) is 9.59 Å². The average molecular weight is 594 g/mol. The second-order valence-electron chi connectivity index (χ2n) is 11.5. The van der Waals surface area contributed by atoms with Crippen molar-refractivity contribution in [1.82, 2.24) is 4.98 Å². The Kier molecular flexibility index (Phi) is 12.1. The SMILES string of the molecule is C=C(OC(=O)OCCC(C)(C)OCCOC(C)(C)CCOC(=O)c1cccnc1)[C@H](C)c1ccc2cc(OC)ccc2c1. The van der Waals surface area contributed by atoms with Crippen molar-refractivity contribution in [2.45, 2.75) is 64.6 Å². The lowest BCUT2D eigenvalue weighted by molar-refractivity contribution is -0.0959. The molecule has 0 aliphatic carbocycles. The highest BCUT2D eigenvalue weighted by Crippen LogP contribution is 2.29. The Hall–Kier alpha value is -3.95. The Morgan fingerprint density at radius 3 is 2.12 bits per heavy atom. The molecule has 9 heteroatoms. The Labute approximate surface area is 254 Å². The van der Waals surface area contributed by atoms with Crippen molar-refractivity contribution in [2.24, 2.45) is 0 Å². The fourth-order valence-corrected chi connectivity index (χ4v) is 4.17. The zero-order chi connectivity index (χ0) is 31.5. The van der Waals surface area contributed by atoms with Crippen molar-refractivity contribution >= 4 is 22.9 Å². The van der Waals surface area contributed by atoms with Gasteiger partial charge in [0.2, 0.25) is 0 Å². The van der Waals surface area contributed by atoms with Gasteiger partial charge in [0.15, 0.2) is 0 Å². The number of rotatable bonds is 16. The van der Waals surface area contributed by atoms with Gasteiger partial charge in [0, 0.05) is 31.2 Å². The number of aromatic nitrogens is 1. The lowest BCUT2D eigenvalue weighted by Gasteiger charge is -2.28. The molecule has 0 fully saturated rings. The minimum Gasteiger partial charge on any atom is -0.497 e. The second-order valence-corrected chi connectivity index (χ2v) is 11.5. The zero-order valence-corrected chi connectivity index (χ0v) is 26.0. The highest BCUT2D eigenvalue weighted by molar-refractivity contribution is 5.88. The van der Waals surface area contributed by atoms with Crippen LogP contribution in [0.1, 0.15) is 69.3 Å². The predicted molar refractivity (Wildman–Crippen MR) is 164 cm³/mol. The third-order valence-electron chi connectivity index (χ3n) is 7.10. The second kappa shape index (κ2) is 15.5. The maximum atomic E-state index is 12.3. The molecule has 1 atom stereocenters. The molecule has 9 nitrogen and oxygen atoms in total. The first-order valence-corrected chi connectivity index (χ1v) is 14.4. The van der Waals surface area contributed by atoms with Crippen LogP contribution in [0.15, 0.2) is 73.3 Å². The Bertz CT molecular complexity index is 1370. The molecule has 232 valence electrons. The highest BCUT2D eigenvalue weighted by Gasteiger charge is 2.23. The van der Waals surface area contributed by atoms with Crippen LogP contribution in [-0.4, -0.2) is 61.8 Å². The van der Waals surface area contributed by atoms with Gasteiger partial charge >= 0.3 is 12.1 Å². The van der Waals surface area contributed by atoms with Gasteiger partial charge in [-0.1, -0.05) is 37.8 Å². The Morgan fingerprint density at radius 2 is 1.49 bits per heavy atom. The van der Waals surface area contributed by atoms with Gasteiger partial charge in [0.05, 0.1) is 50.3 Å². The molecule has 0 bridgehead atoms. The molecule has 0 unspecified atom stereocenters. The van der Waals surface area contributed by atoms with Crippen molar-refractivity contribution in [2.75, 3.05) is 33.5 Å². The molecule has 0 N–H and O–H groups in total. The molecule has 43 heavy (non-hydrogen) atoms. The number of allylic oxidation sites excluding steroid dienone is 1. The molecule has 0 spiro atoms. The van der Waals surface area contributed by atoms with E-state index in [4.69, 9.17) is 28.4 Å². The number of benzene rings is 2. The molecule has 0 radical (unpaired) electrons. The van der Waals surface area contributed by atoms with E-state index in [1.165, 1.54) is 6.20 Å². The van der Waals surface area contributed by atoms with Crippen LogP contribution >= 0.6 is 0 Å². The first kappa shape index (κ1) is 33.6. The molecule has 3 aromatic rings. The van der Waals surface area contributed by atoms with Gasteiger partial charge in [-0.15, -0.1) is 0 Å². The summed E-state index contributed by atoms with van der Waals surface area (Å²) in [6, 6.07) is 15.2. The summed E-state index contributed by atoms with van der Waals surface area (Å²) in [5.74, 6) is 0.478. The minimum atomic E-state index is -0.799. The number of carbonyl (C=O) groups excluding carboxylic acids is 2. The summed E-state index contributed by atoms with van der Waals surface area (Å²) >= 11 is 0. The van der Waals surface area contributed by atoms with E-state index in [1.807, 2.05) is 71.0 Å². The largest absolute Gasteiger partial charge is 0.513 e. The van der Waals surface area contributed by atoms with Gasteiger partial charge in [0.25, 0.3) is 0 Å². The van der Waals surface area contributed by atoms with Crippen LogP contribution in [0.25, 0.3) is 10.8 Å². The summed E-state index contributed by atoms with van der Waals surface area (Å²) in [6.45, 7) is 14.6. The van der Waals surface area contributed by atoms with E-state index < -0.39 is 23.3 Å². The van der Waals surface area contributed by atoms with Crippen LogP contribution in [0.3, 0.4) is 0 Å². The number of fused-ring (bicyclic) bond motifs is 1. The van der Waals surface area contributed by atoms with Gasteiger partial charge in [-0.2, -0.15) is 0 Å². The van der Waals surface area contributed by atoms with Gasteiger partial charge in [0.1, 0.15) is 11.5 Å². The monoisotopic (exact) mass is 593 g/mol. The van der Waals surface area contributed by atoms with E-state index in [9.17, 15) is 9.59 Å². The average Bonchev–Trinajstić information content (AvgIpc) is 2.98. The number of carbonyl (C=O) groups is 2. The molecule has 0 saturated carbocycles. The lowest BCUT2D eigenvalue weighted by Crippen LogP contribution is -2.32. The fraction of sp³-hybridized carbons (Fsp3) is 0.441. The van der Waals surface area contributed by atoms with E-state index in [1.54, 1.807) is 25.4 Å². The van der Waals surface area contributed by atoms with Crippen LogP contribution in [0.5, 0.6) is 5.75 Å². The van der Waals surface area contributed by atoms with E-state index >= 15 is 0 Å². The number of nitrogens with zero attached hydrogens (tertiary/aromatic N) is 1. The highest BCUT2D eigenvalue weighted by atomic mass is 16.7. The maximum absolute atomic E-state index is 12.3. The third kappa shape index (κ3) is 11.0. The summed E-state index contributed by atoms with van der Waals surface area (Å²) < 4.78 is 33.2. The molecule has 0 aliphatic rings. The first-order valence-electron chi connectivity index (χ1n) is 14.4. The molecular weight excluding hydrogens is 550 g/mol. The summed E-state index contributed by atoms with van der Waals surface area (Å²) in [5, 5.41) is 2.11. The van der Waals surface area contributed by atoms with Crippen molar-refractivity contribution in [1.29, 1.82) is 0 Å². The summed E-state index contributed by atoms with van der Waals surface area (Å²) in [7, 11) is 1.64. The van der Waals surface area contributed by atoms with E-state index in [0.717, 1.165) is 22.1 Å². The summed E-state index contributed by atoms with van der Waals surface area (Å²) in [5.41, 5.74) is 0.332. The molecular formula is C34H43NO8. The fourth-order valence-electron chi connectivity index (χ4n) is 4.17. The number of hydrogen-bond donors (Lipinski definition) is 0. The number of methoxy groups -OCH3 is 1. The number of hydrogen-bond acceptors (Lipinski definition) is 9. The van der Waals surface area contributed by atoms with Crippen molar-refractivity contribution in [3.63, 3.8) is 0 Å². The summed E-state index contributed by atoms with van der Waals surface area (Å²) in [4.78, 5) is 28.3. The topological polar surface area (TPSA) is 102 Å². The van der Waals surface area contributed by atoms with Crippen LogP contribution in [-0.2, 0) is 23.7 Å². The van der Waals surface area contributed by atoms with Crippen LogP contribution in [0.4, 0.5) is 4.79 Å². The van der Waals surface area contributed by atoms with Crippen molar-refractivity contribution < 1.29 is 38.0 Å². The van der Waals surface area contributed by atoms with Crippen molar-refractivity contribution in [3.05, 3.63) is 84.4 Å².